The molecule has 2 amide bonds. The lowest BCUT2D eigenvalue weighted by atomic mass is 10.1. The number of carbonyl (C=O) groups is 2. The number of nitrogens with zero attached hydrogens (tertiary/aromatic N) is 2. The molecular formula is C21H28N4O3S. The smallest absolute Gasteiger partial charge is 0.257 e. The lowest BCUT2D eigenvalue weighted by Crippen LogP contribution is -2.38. The Hall–Kier alpha value is -2.74. The van der Waals surface area contributed by atoms with Gasteiger partial charge in [-0.15, -0.1) is 0 Å². The molecular weight excluding hydrogens is 388 g/mol. The fourth-order valence-corrected chi connectivity index (χ4v) is 3.32. The van der Waals surface area contributed by atoms with Gasteiger partial charge in [-0.05, 0) is 42.7 Å². The SMILES string of the molecule is CCCSNc1ccc(C(=O)N(CCNC=O)CCc2ccncc2)c(OC)c1. The number of nitrogens with one attached hydrogen (secondary N) is 2. The Kier molecular flexibility index (Phi) is 9.85. The van der Waals surface area contributed by atoms with Crippen LogP contribution in [0.2, 0.25) is 0 Å². The minimum absolute atomic E-state index is 0.128. The van der Waals surface area contributed by atoms with Crippen LogP contribution in [0, 0.1) is 0 Å². The lowest BCUT2D eigenvalue weighted by molar-refractivity contribution is -0.109. The third-order valence-corrected chi connectivity index (χ3v) is 5.24. The number of aromatic nitrogens is 1. The summed E-state index contributed by atoms with van der Waals surface area (Å²) < 4.78 is 8.74. The average Bonchev–Trinajstić information content (AvgIpc) is 2.76. The highest BCUT2D eigenvalue weighted by molar-refractivity contribution is 8.00. The zero-order valence-corrected chi connectivity index (χ0v) is 17.7. The van der Waals surface area contributed by atoms with E-state index in [1.54, 1.807) is 42.4 Å². The Morgan fingerprint density at radius 1 is 1.24 bits per heavy atom. The van der Waals surface area contributed by atoms with Crippen LogP contribution in [0.4, 0.5) is 5.69 Å². The van der Waals surface area contributed by atoms with Crippen molar-refractivity contribution in [3.63, 3.8) is 0 Å². The summed E-state index contributed by atoms with van der Waals surface area (Å²) >= 11 is 1.62. The standard InChI is InChI=1S/C21H28N4O3S/c1-3-14-29-24-18-4-5-19(20(15-18)28-2)21(27)25(13-11-23-16-26)12-8-17-6-9-22-10-7-17/h4-7,9-10,15-16,24H,3,8,11-14H2,1-2H3,(H,23,26). The predicted octanol–water partition coefficient (Wildman–Crippen LogP) is 2.99. The van der Waals surface area contributed by atoms with E-state index >= 15 is 0 Å². The van der Waals surface area contributed by atoms with Crippen molar-refractivity contribution in [3.05, 3.63) is 53.9 Å². The van der Waals surface area contributed by atoms with Crippen LogP contribution < -0.4 is 14.8 Å². The number of carbonyl (C=O) groups excluding carboxylic acids is 2. The highest BCUT2D eigenvalue weighted by atomic mass is 32.2. The molecule has 0 saturated carbocycles. The molecule has 2 rings (SSSR count). The van der Waals surface area contributed by atoms with Crippen molar-refractivity contribution in [2.45, 2.75) is 19.8 Å². The van der Waals surface area contributed by atoms with E-state index in [2.05, 4.69) is 21.9 Å². The van der Waals surface area contributed by atoms with Crippen molar-refractivity contribution in [2.75, 3.05) is 37.2 Å². The van der Waals surface area contributed by atoms with Crippen LogP contribution in [0.1, 0.15) is 29.3 Å². The maximum absolute atomic E-state index is 13.2. The molecule has 8 heteroatoms. The van der Waals surface area contributed by atoms with Gasteiger partial charge in [0.05, 0.1) is 12.7 Å². The molecule has 0 radical (unpaired) electrons. The summed E-state index contributed by atoms with van der Waals surface area (Å²) in [6.45, 7) is 3.45. The van der Waals surface area contributed by atoms with Crippen molar-refractivity contribution in [3.8, 4) is 5.75 Å². The molecule has 1 aromatic carbocycles. The van der Waals surface area contributed by atoms with Crippen LogP contribution in [-0.2, 0) is 11.2 Å². The monoisotopic (exact) mass is 416 g/mol. The van der Waals surface area contributed by atoms with Gasteiger partial charge in [-0.1, -0.05) is 18.9 Å². The second-order valence-corrected chi connectivity index (χ2v) is 7.24. The second-order valence-electron chi connectivity index (χ2n) is 6.34. The van der Waals surface area contributed by atoms with Gasteiger partial charge in [-0.3, -0.25) is 14.6 Å². The first kappa shape index (κ1) is 22.5. The van der Waals surface area contributed by atoms with Crippen LogP contribution in [0.15, 0.2) is 42.7 Å². The third-order valence-electron chi connectivity index (χ3n) is 4.24. The van der Waals surface area contributed by atoms with Crippen LogP contribution in [0.25, 0.3) is 0 Å². The van der Waals surface area contributed by atoms with E-state index in [9.17, 15) is 9.59 Å². The Labute approximate surface area is 176 Å². The van der Waals surface area contributed by atoms with Gasteiger partial charge < -0.3 is 19.7 Å². The molecule has 2 aromatic rings. The van der Waals surface area contributed by atoms with Crippen LogP contribution >= 0.6 is 11.9 Å². The minimum Gasteiger partial charge on any atom is -0.496 e. The third kappa shape index (κ3) is 7.30. The first-order valence-electron chi connectivity index (χ1n) is 9.60. The van der Waals surface area contributed by atoms with Crippen molar-refractivity contribution >= 4 is 30.0 Å². The fourth-order valence-electron chi connectivity index (χ4n) is 2.73. The van der Waals surface area contributed by atoms with E-state index in [1.807, 2.05) is 24.3 Å². The topological polar surface area (TPSA) is 83.6 Å². The van der Waals surface area contributed by atoms with E-state index in [1.165, 1.54) is 0 Å². The normalized spacial score (nSPS) is 10.3. The highest BCUT2D eigenvalue weighted by Gasteiger charge is 2.20. The van der Waals surface area contributed by atoms with Crippen LogP contribution in [-0.4, -0.2) is 54.7 Å². The molecule has 0 atom stereocenters. The number of hydrogen-bond donors (Lipinski definition) is 2. The second kappa shape index (κ2) is 12.7. The van der Waals surface area contributed by atoms with Gasteiger partial charge in [0, 0.05) is 49.5 Å². The molecule has 7 nitrogen and oxygen atoms in total. The molecule has 0 aliphatic heterocycles. The molecule has 156 valence electrons. The Morgan fingerprint density at radius 3 is 2.72 bits per heavy atom. The number of amides is 2. The maximum atomic E-state index is 13.2. The van der Waals surface area contributed by atoms with Gasteiger partial charge >= 0.3 is 0 Å². The number of hydrogen-bond acceptors (Lipinski definition) is 6. The summed E-state index contributed by atoms with van der Waals surface area (Å²) in [7, 11) is 1.56. The number of anilines is 1. The first-order chi connectivity index (χ1) is 14.2. The summed E-state index contributed by atoms with van der Waals surface area (Å²) in [4.78, 5) is 29.6. The molecule has 0 unspecified atom stereocenters. The summed E-state index contributed by atoms with van der Waals surface area (Å²) in [5, 5.41) is 2.62. The largest absolute Gasteiger partial charge is 0.496 e. The average molecular weight is 417 g/mol. The van der Waals surface area contributed by atoms with E-state index in [4.69, 9.17) is 4.74 Å². The first-order valence-corrected chi connectivity index (χ1v) is 10.6. The molecule has 0 fully saturated rings. The highest BCUT2D eigenvalue weighted by Crippen LogP contribution is 2.26. The van der Waals surface area contributed by atoms with Crippen molar-refractivity contribution in [2.24, 2.45) is 0 Å². The van der Waals surface area contributed by atoms with Gasteiger partial charge in [0.1, 0.15) is 5.75 Å². The molecule has 29 heavy (non-hydrogen) atoms. The van der Waals surface area contributed by atoms with Crippen molar-refractivity contribution in [1.29, 1.82) is 0 Å². The molecule has 1 aromatic heterocycles. The minimum atomic E-state index is -0.128. The van der Waals surface area contributed by atoms with Crippen molar-refractivity contribution < 1.29 is 14.3 Å². The Balaban J connectivity index is 2.13. The number of rotatable bonds is 13. The van der Waals surface area contributed by atoms with Gasteiger partial charge in [-0.2, -0.15) is 0 Å². The van der Waals surface area contributed by atoms with Crippen LogP contribution in [0.3, 0.4) is 0 Å². The summed E-state index contributed by atoms with van der Waals surface area (Å²) in [6.07, 6.45) is 5.89. The number of ether oxygens (including phenoxy) is 1. The molecule has 2 N–H and O–H groups in total. The van der Waals surface area contributed by atoms with E-state index < -0.39 is 0 Å². The van der Waals surface area contributed by atoms with Gasteiger partial charge in [0.25, 0.3) is 5.91 Å². The van der Waals surface area contributed by atoms with Gasteiger partial charge in [0.2, 0.25) is 6.41 Å². The number of benzene rings is 1. The molecule has 1 heterocycles. The van der Waals surface area contributed by atoms with Crippen LogP contribution in [0.5, 0.6) is 5.75 Å². The van der Waals surface area contributed by atoms with Crippen molar-refractivity contribution in [1.82, 2.24) is 15.2 Å². The predicted molar refractivity (Wildman–Crippen MR) is 117 cm³/mol. The van der Waals surface area contributed by atoms with Gasteiger partial charge in [0.15, 0.2) is 0 Å². The molecule has 0 aliphatic rings. The number of methoxy groups -OCH3 is 1. The Morgan fingerprint density at radius 2 is 2.03 bits per heavy atom. The zero-order valence-electron chi connectivity index (χ0n) is 16.9. The van der Waals surface area contributed by atoms with E-state index in [0.717, 1.165) is 23.4 Å². The Bertz CT molecular complexity index is 774. The molecule has 0 aliphatic carbocycles. The molecule has 0 saturated heterocycles. The summed E-state index contributed by atoms with van der Waals surface area (Å²) in [6, 6.07) is 9.36. The lowest BCUT2D eigenvalue weighted by Gasteiger charge is -2.24. The molecule has 0 bridgehead atoms. The maximum Gasteiger partial charge on any atom is 0.257 e. The van der Waals surface area contributed by atoms with E-state index in [0.29, 0.717) is 43.8 Å². The zero-order chi connectivity index (χ0) is 20.9. The molecule has 0 spiro atoms. The fraction of sp³-hybridized carbons (Fsp3) is 0.381. The van der Waals surface area contributed by atoms with Gasteiger partial charge in [-0.25, -0.2) is 0 Å². The number of pyridine rings is 1. The summed E-state index contributed by atoms with van der Waals surface area (Å²) in [5.74, 6) is 1.39. The summed E-state index contributed by atoms with van der Waals surface area (Å²) in [5.41, 5.74) is 2.49. The quantitative estimate of drug-likeness (QED) is 0.297. The van der Waals surface area contributed by atoms with E-state index in [-0.39, 0.29) is 5.91 Å².